The SMILES string of the molecule is COc1cccc(CNC(=O)CCN2C(=O)c3ccccc3[C@H]2c2c(C)[nH]c3ccccc23)c1. The number of ether oxygens (including phenoxy) is 1. The highest BCUT2D eigenvalue weighted by Crippen LogP contribution is 2.42. The minimum atomic E-state index is -0.231. The van der Waals surface area contributed by atoms with Gasteiger partial charge in [-0.3, -0.25) is 9.59 Å². The van der Waals surface area contributed by atoms with Crippen molar-refractivity contribution in [1.29, 1.82) is 0 Å². The number of nitrogens with one attached hydrogen (secondary N) is 2. The fourth-order valence-electron chi connectivity index (χ4n) is 4.86. The van der Waals surface area contributed by atoms with Crippen LogP contribution in [0, 0.1) is 6.92 Å². The monoisotopic (exact) mass is 453 g/mol. The van der Waals surface area contributed by atoms with Gasteiger partial charge in [0.25, 0.3) is 5.91 Å². The van der Waals surface area contributed by atoms with Crippen molar-refractivity contribution in [2.45, 2.75) is 25.9 Å². The normalized spacial score (nSPS) is 14.9. The summed E-state index contributed by atoms with van der Waals surface area (Å²) in [5, 5.41) is 4.06. The standard InChI is InChI=1S/C28H27N3O3/c1-18-26(23-12-5-6-13-24(23)30-18)27-21-10-3-4-11-22(21)28(33)31(27)15-14-25(32)29-17-19-8-7-9-20(16-19)34-2/h3-13,16,27,30H,14-15,17H2,1-2H3,(H,29,32)/t27-/m0/s1. The number of hydrogen-bond acceptors (Lipinski definition) is 3. The maximum absolute atomic E-state index is 13.4. The van der Waals surface area contributed by atoms with Crippen LogP contribution < -0.4 is 10.1 Å². The van der Waals surface area contributed by atoms with Crippen LogP contribution in [0.3, 0.4) is 0 Å². The summed E-state index contributed by atoms with van der Waals surface area (Å²) in [7, 11) is 1.62. The molecule has 5 rings (SSSR count). The minimum Gasteiger partial charge on any atom is -0.497 e. The first-order valence-electron chi connectivity index (χ1n) is 11.4. The summed E-state index contributed by atoms with van der Waals surface area (Å²) in [5.74, 6) is 0.621. The lowest BCUT2D eigenvalue weighted by molar-refractivity contribution is -0.121. The van der Waals surface area contributed by atoms with Gasteiger partial charge in [0.15, 0.2) is 0 Å². The number of aromatic amines is 1. The van der Waals surface area contributed by atoms with E-state index in [1.807, 2.05) is 78.6 Å². The second kappa shape index (κ2) is 9.06. The van der Waals surface area contributed by atoms with Crippen molar-refractivity contribution in [3.8, 4) is 5.75 Å². The molecule has 0 saturated heterocycles. The van der Waals surface area contributed by atoms with Crippen LogP contribution in [-0.4, -0.2) is 35.4 Å². The third-order valence-electron chi connectivity index (χ3n) is 6.48. The summed E-state index contributed by atoms with van der Waals surface area (Å²) in [4.78, 5) is 31.4. The average molecular weight is 454 g/mol. The Morgan fingerprint density at radius 2 is 1.85 bits per heavy atom. The molecule has 0 fully saturated rings. The van der Waals surface area contributed by atoms with Crippen LogP contribution in [0.5, 0.6) is 5.75 Å². The van der Waals surface area contributed by atoms with E-state index < -0.39 is 0 Å². The Bertz CT molecular complexity index is 1370. The smallest absolute Gasteiger partial charge is 0.255 e. The summed E-state index contributed by atoms with van der Waals surface area (Å²) in [6, 6.07) is 23.3. The molecule has 0 saturated carbocycles. The molecule has 34 heavy (non-hydrogen) atoms. The second-order valence-electron chi connectivity index (χ2n) is 8.58. The van der Waals surface area contributed by atoms with Gasteiger partial charge in [-0.1, -0.05) is 48.5 Å². The van der Waals surface area contributed by atoms with Crippen LogP contribution in [0.2, 0.25) is 0 Å². The average Bonchev–Trinajstić information content (AvgIpc) is 3.34. The van der Waals surface area contributed by atoms with Crippen molar-refractivity contribution in [2.75, 3.05) is 13.7 Å². The maximum Gasteiger partial charge on any atom is 0.255 e. The maximum atomic E-state index is 13.4. The summed E-state index contributed by atoms with van der Waals surface area (Å²) in [6.45, 7) is 2.79. The first kappa shape index (κ1) is 21.8. The molecular weight excluding hydrogens is 426 g/mol. The zero-order valence-corrected chi connectivity index (χ0v) is 19.3. The van der Waals surface area contributed by atoms with Crippen LogP contribution in [-0.2, 0) is 11.3 Å². The van der Waals surface area contributed by atoms with Gasteiger partial charge in [-0.15, -0.1) is 0 Å². The Hall–Kier alpha value is -4.06. The Balaban J connectivity index is 1.37. The quantitative estimate of drug-likeness (QED) is 0.425. The molecule has 1 aliphatic heterocycles. The van der Waals surface area contributed by atoms with Crippen molar-refractivity contribution in [3.63, 3.8) is 0 Å². The molecule has 2 N–H and O–H groups in total. The fraction of sp³-hybridized carbons (Fsp3) is 0.214. The Morgan fingerprint density at radius 3 is 2.71 bits per heavy atom. The van der Waals surface area contributed by atoms with Crippen molar-refractivity contribution in [3.05, 3.63) is 101 Å². The van der Waals surface area contributed by atoms with Gasteiger partial charge in [-0.25, -0.2) is 0 Å². The van der Waals surface area contributed by atoms with Crippen LogP contribution in [0.15, 0.2) is 72.8 Å². The van der Waals surface area contributed by atoms with E-state index >= 15 is 0 Å². The Labute approximate surface area is 198 Å². The van der Waals surface area contributed by atoms with Gasteiger partial charge in [0.05, 0.1) is 13.2 Å². The lowest BCUT2D eigenvalue weighted by Crippen LogP contribution is -2.34. The van der Waals surface area contributed by atoms with E-state index in [4.69, 9.17) is 4.74 Å². The number of aryl methyl sites for hydroxylation is 1. The molecule has 2 heterocycles. The number of fused-ring (bicyclic) bond motifs is 2. The van der Waals surface area contributed by atoms with Crippen molar-refractivity contribution in [2.24, 2.45) is 0 Å². The molecule has 4 aromatic rings. The Kier molecular flexibility index (Phi) is 5.80. The van der Waals surface area contributed by atoms with Gasteiger partial charge in [0, 0.05) is 47.2 Å². The molecule has 1 atom stereocenters. The number of carbonyl (C=O) groups excluding carboxylic acids is 2. The predicted molar refractivity (Wildman–Crippen MR) is 132 cm³/mol. The number of carbonyl (C=O) groups is 2. The summed E-state index contributed by atoms with van der Waals surface area (Å²) in [6.07, 6.45) is 0.224. The van der Waals surface area contributed by atoms with Gasteiger partial charge < -0.3 is 19.9 Å². The van der Waals surface area contributed by atoms with E-state index in [1.165, 1.54) is 0 Å². The van der Waals surface area contributed by atoms with Crippen LogP contribution >= 0.6 is 0 Å². The molecule has 3 aromatic carbocycles. The second-order valence-corrected chi connectivity index (χ2v) is 8.58. The highest BCUT2D eigenvalue weighted by molar-refractivity contribution is 6.01. The highest BCUT2D eigenvalue weighted by Gasteiger charge is 2.39. The molecule has 2 amide bonds. The molecule has 0 unspecified atom stereocenters. The van der Waals surface area contributed by atoms with E-state index in [2.05, 4.69) is 16.4 Å². The number of methoxy groups -OCH3 is 1. The van der Waals surface area contributed by atoms with Gasteiger partial charge in [0.1, 0.15) is 5.75 Å². The first-order valence-corrected chi connectivity index (χ1v) is 11.4. The van der Waals surface area contributed by atoms with E-state index in [0.29, 0.717) is 18.7 Å². The minimum absolute atomic E-state index is 0.0362. The van der Waals surface area contributed by atoms with E-state index in [-0.39, 0.29) is 24.3 Å². The molecule has 0 bridgehead atoms. The number of benzene rings is 3. The van der Waals surface area contributed by atoms with E-state index in [0.717, 1.165) is 39.0 Å². The van der Waals surface area contributed by atoms with Gasteiger partial charge in [-0.2, -0.15) is 0 Å². The zero-order valence-electron chi connectivity index (χ0n) is 19.3. The van der Waals surface area contributed by atoms with Crippen molar-refractivity contribution < 1.29 is 14.3 Å². The summed E-state index contributed by atoms with van der Waals surface area (Å²) < 4.78 is 5.25. The zero-order chi connectivity index (χ0) is 23.7. The van der Waals surface area contributed by atoms with Crippen molar-refractivity contribution in [1.82, 2.24) is 15.2 Å². The molecule has 1 aliphatic rings. The third-order valence-corrected chi connectivity index (χ3v) is 6.48. The van der Waals surface area contributed by atoms with Crippen LogP contribution in [0.25, 0.3) is 10.9 Å². The van der Waals surface area contributed by atoms with Gasteiger partial charge >= 0.3 is 0 Å². The number of para-hydroxylation sites is 1. The number of nitrogens with zero attached hydrogens (tertiary/aromatic N) is 1. The topological polar surface area (TPSA) is 74.4 Å². The van der Waals surface area contributed by atoms with E-state index in [9.17, 15) is 9.59 Å². The fourth-order valence-corrected chi connectivity index (χ4v) is 4.86. The summed E-state index contributed by atoms with van der Waals surface area (Å²) in [5.41, 5.74) is 5.81. The lowest BCUT2D eigenvalue weighted by atomic mass is 9.95. The van der Waals surface area contributed by atoms with Crippen LogP contribution in [0.4, 0.5) is 0 Å². The molecule has 6 heteroatoms. The molecule has 0 spiro atoms. The molecular formula is C28H27N3O3. The van der Waals surface area contributed by atoms with Gasteiger partial charge in [0.2, 0.25) is 5.91 Å². The first-order chi connectivity index (χ1) is 16.6. The number of aromatic nitrogens is 1. The largest absolute Gasteiger partial charge is 0.497 e. The number of rotatable bonds is 7. The van der Waals surface area contributed by atoms with Crippen molar-refractivity contribution >= 4 is 22.7 Å². The van der Waals surface area contributed by atoms with Crippen LogP contribution in [0.1, 0.15) is 45.2 Å². The molecule has 6 nitrogen and oxygen atoms in total. The number of amides is 2. The number of H-pyrrole nitrogens is 1. The predicted octanol–water partition coefficient (Wildman–Crippen LogP) is 4.74. The highest BCUT2D eigenvalue weighted by atomic mass is 16.5. The number of hydrogen-bond donors (Lipinski definition) is 2. The summed E-state index contributed by atoms with van der Waals surface area (Å²) >= 11 is 0. The molecule has 172 valence electrons. The molecule has 0 aliphatic carbocycles. The lowest BCUT2D eigenvalue weighted by Gasteiger charge is -2.26. The molecule has 0 radical (unpaired) electrons. The third kappa shape index (κ3) is 3.92. The Morgan fingerprint density at radius 1 is 1.06 bits per heavy atom. The van der Waals surface area contributed by atoms with E-state index in [1.54, 1.807) is 7.11 Å². The van der Waals surface area contributed by atoms with Gasteiger partial charge in [-0.05, 0) is 42.3 Å². The molecule has 1 aromatic heterocycles.